The highest BCUT2D eigenvalue weighted by molar-refractivity contribution is 5.76. The first-order valence-electron chi connectivity index (χ1n) is 7.64. The molecule has 6 atom stereocenters. The summed E-state index contributed by atoms with van der Waals surface area (Å²) >= 11 is 0. The Labute approximate surface area is 145 Å². The molecular weight excluding hydrogens is 338 g/mol. The van der Waals surface area contributed by atoms with Crippen molar-refractivity contribution in [3.8, 4) is 0 Å². The maximum atomic E-state index is 11.7. The molecular formula is C15H25NO9. The molecule has 144 valence electrons. The SMILES string of the molecule is C=CCO[C@]1(C(=O)O)C[C@H](O)[C@@H](NC(C)=O)[C@H]([C@H](O)[C@H](O)COC)O1. The molecule has 25 heavy (non-hydrogen) atoms. The van der Waals surface area contributed by atoms with Crippen molar-refractivity contribution in [2.75, 3.05) is 20.3 Å². The number of carbonyl (C=O) groups is 2. The van der Waals surface area contributed by atoms with Crippen molar-refractivity contribution in [3.05, 3.63) is 12.7 Å². The lowest BCUT2D eigenvalue weighted by Crippen LogP contribution is -2.67. The fraction of sp³-hybridized carbons (Fsp3) is 0.733. The van der Waals surface area contributed by atoms with Gasteiger partial charge in [-0.1, -0.05) is 6.08 Å². The van der Waals surface area contributed by atoms with Crippen LogP contribution in [0.4, 0.5) is 0 Å². The van der Waals surface area contributed by atoms with Gasteiger partial charge in [-0.15, -0.1) is 6.58 Å². The number of rotatable bonds is 9. The van der Waals surface area contributed by atoms with E-state index >= 15 is 0 Å². The summed E-state index contributed by atoms with van der Waals surface area (Å²) in [6, 6.07) is -1.15. The number of aliphatic hydroxyl groups excluding tert-OH is 3. The molecule has 0 aliphatic carbocycles. The van der Waals surface area contributed by atoms with Gasteiger partial charge in [0.1, 0.15) is 18.3 Å². The Bertz CT molecular complexity index is 486. The number of amides is 1. The number of carbonyl (C=O) groups excluding carboxylic acids is 1. The minimum atomic E-state index is -2.26. The van der Waals surface area contributed by atoms with E-state index in [1.54, 1.807) is 0 Å². The lowest BCUT2D eigenvalue weighted by atomic mass is 9.88. The molecule has 0 aromatic heterocycles. The van der Waals surface area contributed by atoms with Gasteiger partial charge in [0, 0.05) is 20.5 Å². The van der Waals surface area contributed by atoms with E-state index < -0.39 is 54.5 Å². The number of methoxy groups -OCH3 is 1. The van der Waals surface area contributed by atoms with E-state index in [2.05, 4.69) is 11.9 Å². The van der Waals surface area contributed by atoms with Crippen molar-refractivity contribution in [1.29, 1.82) is 0 Å². The number of ether oxygens (including phenoxy) is 3. The molecule has 10 heteroatoms. The maximum Gasteiger partial charge on any atom is 0.364 e. The number of aliphatic carboxylic acids is 1. The van der Waals surface area contributed by atoms with Crippen LogP contribution in [0.15, 0.2) is 12.7 Å². The standard InChI is InChI=1S/C15H25NO9/c1-4-5-24-15(14(21)22)6-9(18)11(16-8(2)17)13(25-15)12(20)10(19)7-23-3/h4,9-13,18-20H,1,5-7H2,2-3H3,(H,16,17)(H,21,22)/t9-,10+,11+,12+,13+,15+/m0/s1. The molecule has 1 heterocycles. The highest BCUT2D eigenvalue weighted by atomic mass is 16.7. The van der Waals surface area contributed by atoms with Gasteiger partial charge in [-0.3, -0.25) is 4.79 Å². The van der Waals surface area contributed by atoms with E-state index in [1.165, 1.54) is 20.1 Å². The minimum absolute atomic E-state index is 0.187. The van der Waals surface area contributed by atoms with Gasteiger partial charge >= 0.3 is 5.97 Å². The second-order valence-electron chi connectivity index (χ2n) is 5.75. The number of aliphatic hydroxyl groups is 3. The monoisotopic (exact) mass is 363 g/mol. The Hall–Kier alpha value is -1.56. The van der Waals surface area contributed by atoms with Crippen molar-refractivity contribution in [2.24, 2.45) is 0 Å². The molecule has 1 saturated heterocycles. The fourth-order valence-electron chi connectivity index (χ4n) is 2.63. The Kier molecular flexibility index (Phi) is 7.93. The molecule has 1 aliphatic rings. The molecule has 0 aromatic carbocycles. The number of nitrogens with one attached hydrogen (secondary N) is 1. The first kappa shape index (κ1) is 21.5. The average molecular weight is 363 g/mol. The quantitative estimate of drug-likeness (QED) is 0.292. The van der Waals surface area contributed by atoms with E-state index in [0.717, 1.165) is 0 Å². The van der Waals surface area contributed by atoms with Crippen molar-refractivity contribution in [2.45, 2.75) is 49.6 Å². The number of hydrogen-bond acceptors (Lipinski definition) is 8. The van der Waals surface area contributed by atoms with E-state index in [9.17, 15) is 30.0 Å². The fourth-order valence-corrected chi connectivity index (χ4v) is 2.63. The van der Waals surface area contributed by atoms with Crippen LogP contribution in [0.5, 0.6) is 0 Å². The van der Waals surface area contributed by atoms with Crippen molar-refractivity contribution in [1.82, 2.24) is 5.32 Å². The third kappa shape index (κ3) is 5.21. The number of carboxylic acid groups (broad SMARTS) is 1. The predicted octanol–water partition coefficient (Wildman–Crippen LogP) is -2.01. The van der Waals surface area contributed by atoms with Crippen molar-refractivity contribution in [3.63, 3.8) is 0 Å². The molecule has 1 aliphatic heterocycles. The van der Waals surface area contributed by atoms with Gasteiger partial charge < -0.3 is 40.0 Å². The Morgan fingerprint density at radius 3 is 2.60 bits per heavy atom. The predicted molar refractivity (Wildman–Crippen MR) is 83.5 cm³/mol. The topological polar surface area (TPSA) is 155 Å². The summed E-state index contributed by atoms with van der Waals surface area (Å²) in [5, 5.41) is 42.5. The van der Waals surface area contributed by atoms with Gasteiger partial charge in [0.25, 0.3) is 5.79 Å². The van der Waals surface area contributed by atoms with Gasteiger partial charge in [0.05, 0.1) is 25.4 Å². The highest BCUT2D eigenvalue weighted by Crippen LogP contribution is 2.33. The van der Waals surface area contributed by atoms with Crippen LogP contribution in [0.25, 0.3) is 0 Å². The third-order valence-electron chi connectivity index (χ3n) is 3.77. The molecule has 0 aromatic rings. The minimum Gasteiger partial charge on any atom is -0.477 e. The molecule has 0 saturated carbocycles. The zero-order valence-corrected chi connectivity index (χ0v) is 14.1. The summed E-state index contributed by atoms with van der Waals surface area (Å²) in [6.45, 7) is 4.15. The zero-order valence-electron chi connectivity index (χ0n) is 14.1. The van der Waals surface area contributed by atoms with Crippen LogP contribution in [0.2, 0.25) is 0 Å². The first-order chi connectivity index (χ1) is 11.7. The largest absolute Gasteiger partial charge is 0.477 e. The van der Waals surface area contributed by atoms with Crippen molar-refractivity contribution >= 4 is 11.9 Å². The van der Waals surface area contributed by atoms with E-state index in [4.69, 9.17) is 14.2 Å². The van der Waals surface area contributed by atoms with Gasteiger partial charge in [0.2, 0.25) is 5.91 Å². The van der Waals surface area contributed by atoms with E-state index in [-0.39, 0.29) is 13.2 Å². The molecule has 5 N–H and O–H groups in total. The lowest BCUT2D eigenvalue weighted by molar-refractivity contribution is -0.308. The van der Waals surface area contributed by atoms with Gasteiger partial charge in [-0.05, 0) is 0 Å². The smallest absolute Gasteiger partial charge is 0.364 e. The number of hydrogen-bond donors (Lipinski definition) is 5. The summed E-state index contributed by atoms with van der Waals surface area (Å²) in [5.74, 6) is -4.31. The Morgan fingerprint density at radius 1 is 1.48 bits per heavy atom. The average Bonchev–Trinajstić information content (AvgIpc) is 2.54. The van der Waals surface area contributed by atoms with Crippen LogP contribution in [0, 0.1) is 0 Å². The Balaban J connectivity index is 3.17. The molecule has 0 unspecified atom stereocenters. The van der Waals surface area contributed by atoms with Crippen LogP contribution in [-0.4, -0.2) is 88.9 Å². The lowest BCUT2D eigenvalue weighted by Gasteiger charge is -2.46. The first-order valence-corrected chi connectivity index (χ1v) is 7.64. The van der Waals surface area contributed by atoms with Gasteiger partial charge in [-0.25, -0.2) is 4.79 Å². The van der Waals surface area contributed by atoms with Crippen LogP contribution in [0.3, 0.4) is 0 Å². The van der Waals surface area contributed by atoms with Crippen LogP contribution in [-0.2, 0) is 23.8 Å². The molecule has 0 bridgehead atoms. The highest BCUT2D eigenvalue weighted by Gasteiger charge is 2.55. The van der Waals surface area contributed by atoms with E-state index in [1.807, 2.05) is 0 Å². The molecule has 1 fully saturated rings. The molecule has 10 nitrogen and oxygen atoms in total. The van der Waals surface area contributed by atoms with Crippen LogP contribution < -0.4 is 5.32 Å². The van der Waals surface area contributed by atoms with Gasteiger partial charge in [0.15, 0.2) is 0 Å². The third-order valence-corrected chi connectivity index (χ3v) is 3.77. The second-order valence-corrected chi connectivity index (χ2v) is 5.75. The normalized spacial score (nSPS) is 31.8. The summed E-state index contributed by atoms with van der Waals surface area (Å²) in [5.41, 5.74) is 0. The zero-order chi connectivity index (χ0) is 19.2. The van der Waals surface area contributed by atoms with E-state index in [0.29, 0.717) is 0 Å². The summed E-state index contributed by atoms with van der Waals surface area (Å²) in [6.07, 6.45) is -5.16. The maximum absolute atomic E-state index is 11.7. The van der Waals surface area contributed by atoms with Gasteiger partial charge in [-0.2, -0.15) is 0 Å². The molecule has 1 rings (SSSR count). The summed E-state index contributed by atoms with van der Waals surface area (Å²) < 4.78 is 15.4. The molecule has 0 spiro atoms. The summed E-state index contributed by atoms with van der Waals surface area (Å²) in [4.78, 5) is 23.0. The molecule has 1 amide bonds. The molecule has 0 radical (unpaired) electrons. The van der Waals surface area contributed by atoms with Crippen LogP contribution >= 0.6 is 0 Å². The number of carboxylic acids is 1. The summed E-state index contributed by atoms with van der Waals surface area (Å²) in [7, 11) is 1.30. The Morgan fingerprint density at radius 2 is 2.12 bits per heavy atom. The van der Waals surface area contributed by atoms with Crippen molar-refractivity contribution < 1.29 is 44.2 Å². The van der Waals surface area contributed by atoms with Crippen LogP contribution in [0.1, 0.15) is 13.3 Å². The second kappa shape index (κ2) is 9.22.